The highest BCUT2D eigenvalue weighted by atomic mass is 32.2. The summed E-state index contributed by atoms with van der Waals surface area (Å²) < 4.78 is 0. The minimum Gasteiger partial charge on any atom is -0.292 e. The zero-order valence-corrected chi connectivity index (χ0v) is 18.2. The van der Waals surface area contributed by atoms with E-state index in [1.807, 2.05) is 66.0 Å². The Morgan fingerprint density at radius 2 is 1.57 bits per heavy atom. The van der Waals surface area contributed by atoms with Crippen LogP contribution in [0.4, 0.5) is 5.13 Å². The third-order valence-electron chi connectivity index (χ3n) is 4.41. The van der Waals surface area contributed by atoms with E-state index in [9.17, 15) is 4.79 Å². The molecule has 6 nitrogen and oxygen atoms in total. The van der Waals surface area contributed by atoms with Gasteiger partial charge in [-0.3, -0.25) is 9.69 Å². The first-order chi connectivity index (χ1) is 14.6. The van der Waals surface area contributed by atoms with E-state index in [1.165, 1.54) is 30.0 Å². The molecule has 4 aromatic rings. The number of hydrogen-bond donors (Lipinski definition) is 0. The summed E-state index contributed by atoms with van der Waals surface area (Å²) in [5.41, 5.74) is 4.40. The van der Waals surface area contributed by atoms with Gasteiger partial charge in [0.15, 0.2) is 5.13 Å². The molecule has 0 bridgehead atoms. The highest BCUT2D eigenvalue weighted by Crippen LogP contribution is 2.31. The summed E-state index contributed by atoms with van der Waals surface area (Å²) in [6.45, 7) is 1.52. The van der Waals surface area contributed by atoms with Crippen molar-refractivity contribution in [2.75, 3.05) is 11.9 Å². The number of aromatic nitrogens is 4. The van der Waals surface area contributed by atoms with Crippen molar-refractivity contribution in [3.63, 3.8) is 0 Å². The number of carbonyl (C=O) groups excluding carboxylic acids is 1. The minimum absolute atomic E-state index is 0.0416. The van der Waals surface area contributed by atoms with E-state index < -0.39 is 0 Å². The first-order valence-corrected chi connectivity index (χ1v) is 11.2. The van der Waals surface area contributed by atoms with Crippen molar-refractivity contribution in [1.29, 1.82) is 0 Å². The van der Waals surface area contributed by atoms with Crippen molar-refractivity contribution in [1.82, 2.24) is 20.2 Å². The van der Waals surface area contributed by atoms with Gasteiger partial charge >= 0.3 is 0 Å². The Kier molecular flexibility index (Phi) is 6.15. The quantitative estimate of drug-likeness (QED) is 0.401. The molecule has 2 aromatic carbocycles. The van der Waals surface area contributed by atoms with Gasteiger partial charge in [-0.05, 0) is 0 Å². The molecule has 1 amide bonds. The second-order valence-corrected chi connectivity index (χ2v) is 8.29. The van der Waals surface area contributed by atoms with Crippen LogP contribution in [0.1, 0.15) is 12.6 Å². The van der Waals surface area contributed by atoms with E-state index in [1.54, 1.807) is 11.9 Å². The van der Waals surface area contributed by atoms with Crippen molar-refractivity contribution >= 4 is 34.1 Å². The van der Waals surface area contributed by atoms with Crippen molar-refractivity contribution in [2.24, 2.45) is 0 Å². The fourth-order valence-electron chi connectivity index (χ4n) is 2.75. The highest BCUT2D eigenvalue weighted by molar-refractivity contribution is 7.98. The number of hydrogen-bond acceptors (Lipinski definition) is 7. The van der Waals surface area contributed by atoms with Crippen LogP contribution >= 0.6 is 23.1 Å². The van der Waals surface area contributed by atoms with Crippen LogP contribution in [0.2, 0.25) is 0 Å². The molecule has 0 aliphatic carbocycles. The van der Waals surface area contributed by atoms with Crippen molar-refractivity contribution in [3.8, 4) is 22.5 Å². The first-order valence-electron chi connectivity index (χ1n) is 9.29. The zero-order valence-electron chi connectivity index (χ0n) is 16.5. The second-order valence-electron chi connectivity index (χ2n) is 6.51. The molecule has 0 saturated heterocycles. The van der Waals surface area contributed by atoms with Gasteiger partial charge in [0.05, 0.1) is 5.69 Å². The van der Waals surface area contributed by atoms with Gasteiger partial charge < -0.3 is 0 Å². The number of benzene rings is 2. The smallest absolute Gasteiger partial charge is 0.225 e. The second kappa shape index (κ2) is 9.15. The van der Waals surface area contributed by atoms with Gasteiger partial charge in [-0.25, -0.2) is 9.97 Å². The summed E-state index contributed by atoms with van der Waals surface area (Å²) in [6.07, 6.45) is 0. The summed E-state index contributed by atoms with van der Waals surface area (Å²) in [7, 11) is 1.72. The van der Waals surface area contributed by atoms with E-state index in [4.69, 9.17) is 4.98 Å². The third-order valence-corrected chi connectivity index (χ3v) is 6.25. The summed E-state index contributed by atoms with van der Waals surface area (Å²) in [4.78, 5) is 22.4. The first kappa shape index (κ1) is 20.2. The minimum atomic E-state index is -0.0416. The lowest BCUT2D eigenvalue weighted by Crippen LogP contribution is -2.22. The van der Waals surface area contributed by atoms with Gasteiger partial charge in [0.1, 0.15) is 11.4 Å². The molecule has 0 saturated carbocycles. The average molecular weight is 434 g/mol. The maximum Gasteiger partial charge on any atom is 0.225 e. The molecule has 0 fully saturated rings. The Hall–Kier alpha value is -3.10. The Morgan fingerprint density at radius 3 is 2.20 bits per heavy atom. The third kappa shape index (κ3) is 4.55. The molecule has 0 aliphatic heterocycles. The molecular weight excluding hydrogens is 414 g/mol. The van der Waals surface area contributed by atoms with Crippen LogP contribution < -0.4 is 4.90 Å². The van der Waals surface area contributed by atoms with Crippen LogP contribution in [0.5, 0.6) is 0 Å². The lowest BCUT2D eigenvalue weighted by Gasteiger charge is -2.10. The largest absolute Gasteiger partial charge is 0.292 e. The fraction of sp³-hybridized carbons (Fsp3) is 0.136. The number of carbonyl (C=O) groups is 1. The monoisotopic (exact) mass is 433 g/mol. The molecule has 0 N–H and O–H groups in total. The summed E-state index contributed by atoms with van der Waals surface area (Å²) >= 11 is 2.92. The van der Waals surface area contributed by atoms with Crippen LogP contribution in [-0.4, -0.2) is 33.1 Å². The fourth-order valence-corrected chi connectivity index (χ4v) is 4.37. The topological polar surface area (TPSA) is 71.9 Å². The summed E-state index contributed by atoms with van der Waals surface area (Å²) in [5.74, 6) is 0.558. The van der Waals surface area contributed by atoms with Gasteiger partial charge in [-0.1, -0.05) is 72.4 Å². The van der Waals surface area contributed by atoms with Gasteiger partial charge in [0.2, 0.25) is 11.1 Å². The maximum absolute atomic E-state index is 11.5. The molecule has 0 radical (unpaired) electrons. The van der Waals surface area contributed by atoms with Gasteiger partial charge in [-0.2, -0.15) is 0 Å². The predicted octanol–water partition coefficient (Wildman–Crippen LogP) is 4.94. The van der Waals surface area contributed by atoms with Gasteiger partial charge in [0.25, 0.3) is 0 Å². The lowest BCUT2D eigenvalue weighted by atomic mass is 10.0. The maximum atomic E-state index is 11.5. The van der Waals surface area contributed by atoms with Crippen LogP contribution in [0.25, 0.3) is 22.5 Å². The molecule has 0 atom stereocenters. The average Bonchev–Trinajstić information content (AvgIpc) is 3.27. The van der Waals surface area contributed by atoms with Gasteiger partial charge in [-0.15, -0.1) is 21.5 Å². The van der Waals surface area contributed by atoms with Crippen molar-refractivity contribution in [2.45, 2.75) is 17.8 Å². The van der Waals surface area contributed by atoms with E-state index in [0.29, 0.717) is 16.0 Å². The van der Waals surface area contributed by atoms with Crippen LogP contribution in [0.3, 0.4) is 0 Å². The van der Waals surface area contributed by atoms with Crippen LogP contribution in [-0.2, 0) is 10.5 Å². The highest BCUT2D eigenvalue weighted by Gasteiger charge is 2.15. The number of rotatable bonds is 6. The Balaban J connectivity index is 1.60. The molecule has 0 spiro atoms. The number of anilines is 1. The Morgan fingerprint density at radius 1 is 0.933 bits per heavy atom. The number of amides is 1. The molecule has 8 heteroatoms. The lowest BCUT2D eigenvalue weighted by molar-refractivity contribution is -0.116. The molecular formula is C22H19N5OS2. The van der Waals surface area contributed by atoms with Crippen LogP contribution in [0.15, 0.2) is 71.2 Å². The van der Waals surface area contributed by atoms with Crippen molar-refractivity contribution in [3.05, 3.63) is 71.7 Å². The SMILES string of the molecule is CC(=O)N(C)c1nc(CSc2nnc(-c3ccccc3)c(-c3ccccc3)n2)cs1. The van der Waals surface area contributed by atoms with E-state index in [0.717, 1.165) is 28.2 Å². The molecule has 150 valence electrons. The standard InChI is InChI=1S/C22H19N5OS2/c1-15(28)27(2)22-23-18(14-30-22)13-29-21-24-19(16-9-5-3-6-10-16)20(25-26-21)17-11-7-4-8-12-17/h3-12,14H,13H2,1-2H3. The van der Waals surface area contributed by atoms with E-state index >= 15 is 0 Å². The van der Waals surface area contributed by atoms with Crippen LogP contribution in [0, 0.1) is 0 Å². The molecule has 2 heterocycles. The molecule has 4 rings (SSSR count). The molecule has 2 aromatic heterocycles. The number of thiazole rings is 1. The summed E-state index contributed by atoms with van der Waals surface area (Å²) in [5, 5.41) is 12.0. The number of nitrogens with zero attached hydrogens (tertiary/aromatic N) is 5. The van der Waals surface area contributed by atoms with E-state index in [2.05, 4.69) is 15.2 Å². The summed E-state index contributed by atoms with van der Waals surface area (Å²) in [6, 6.07) is 19.9. The normalized spacial score (nSPS) is 10.7. The Bertz CT molecular complexity index is 1150. The van der Waals surface area contributed by atoms with E-state index in [-0.39, 0.29) is 5.91 Å². The molecule has 0 aliphatic rings. The number of thioether (sulfide) groups is 1. The Labute approximate surface area is 183 Å². The predicted molar refractivity (Wildman–Crippen MR) is 121 cm³/mol. The van der Waals surface area contributed by atoms with Crippen molar-refractivity contribution < 1.29 is 4.79 Å². The molecule has 0 unspecified atom stereocenters. The molecule has 30 heavy (non-hydrogen) atoms. The zero-order chi connectivity index (χ0) is 20.9. The van der Waals surface area contributed by atoms with Gasteiger partial charge in [0, 0.05) is 36.2 Å².